The Hall–Kier alpha value is -2.08. The molecule has 0 aromatic heterocycles. The van der Waals surface area contributed by atoms with Crippen LogP contribution in [0, 0.1) is 0 Å². The van der Waals surface area contributed by atoms with Crippen LogP contribution < -0.4 is 10.1 Å². The number of carbonyl (C=O) groups is 1. The maximum absolute atomic E-state index is 11.5. The van der Waals surface area contributed by atoms with Gasteiger partial charge in [0.2, 0.25) is 0 Å². The molecule has 0 bridgehead atoms. The van der Waals surface area contributed by atoms with Crippen LogP contribution in [0.4, 0.5) is 0 Å². The summed E-state index contributed by atoms with van der Waals surface area (Å²) in [4.78, 5) is 11.5. The van der Waals surface area contributed by atoms with Gasteiger partial charge in [-0.1, -0.05) is 42.3 Å². The van der Waals surface area contributed by atoms with Gasteiger partial charge in [0.05, 0.1) is 12.7 Å². The van der Waals surface area contributed by atoms with Crippen molar-refractivity contribution in [1.82, 2.24) is 5.32 Å². The normalized spacial score (nSPS) is 19.8. The first-order valence-corrected chi connectivity index (χ1v) is 11.0. The fraction of sp³-hybridized carbons (Fsp3) is 0.458. The number of carbonyl (C=O) groups excluding carboxylic acids is 1. The maximum atomic E-state index is 11.5. The van der Waals surface area contributed by atoms with E-state index in [1.165, 1.54) is 5.56 Å². The predicted octanol–water partition coefficient (Wildman–Crippen LogP) is 4.63. The lowest BCUT2D eigenvalue weighted by atomic mass is 9.81. The van der Waals surface area contributed by atoms with Gasteiger partial charge in [-0.2, -0.15) is 0 Å². The molecule has 1 aliphatic carbocycles. The van der Waals surface area contributed by atoms with Crippen LogP contribution in [0.5, 0.6) is 5.75 Å². The summed E-state index contributed by atoms with van der Waals surface area (Å²) in [5.41, 5.74) is 2.05. The highest BCUT2D eigenvalue weighted by Gasteiger charge is 2.24. The molecule has 30 heavy (non-hydrogen) atoms. The van der Waals surface area contributed by atoms with Crippen molar-refractivity contribution in [3.63, 3.8) is 0 Å². The van der Waals surface area contributed by atoms with Gasteiger partial charge in [0, 0.05) is 17.6 Å². The third-order valence-electron chi connectivity index (χ3n) is 5.50. The Labute approximate surface area is 183 Å². The molecule has 0 radical (unpaired) electrons. The number of benzene rings is 2. The quantitative estimate of drug-likeness (QED) is 0.566. The summed E-state index contributed by atoms with van der Waals surface area (Å²) >= 11 is 6.03. The summed E-state index contributed by atoms with van der Waals surface area (Å²) in [6.07, 6.45) is 3.77. The van der Waals surface area contributed by atoms with Crippen molar-refractivity contribution >= 4 is 17.6 Å². The number of hydrogen-bond donors (Lipinski definition) is 2. The molecule has 3 rings (SSSR count). The van der Waals surface area contributed by atoms with Gasteiger partial charge < -0.3 is 19.9 Å². The molecule has 0 spiro atoms. The van der Waals surface area contributed by atoms with Crippen LogP contribution in [0.3, 0.4) is 0 Å². The van der Waals surface area contributed by atoms with Crippen molar-refractivity contribution in [2.45, 2.75) is 50.7 Å². The van der Waals surface area contributed by atoms with Crippen LogP contribution in [-0.2, 0) is 9.53 Å². The van der Waals surface area contributed by atoms with Crippen molar-refractivity contribution in [3.05, 3.63) is 64.7 Å². The predicted molar refractivity (Wildman–Crippen MR) is 118 cm³/mol. The van der Waals surface area contributed by atoms with Gasteiger partial charge >= 0.3 is 5.97 Å². The zero-order valence-electron chi connectivity index (χ0n) is 17.4. The molecule has 0 aliphatic heterocycles. The van der Waals surface area contributed by atoms with Gasteiger partial charge in [-0.15, -0.1) is 0 Å². The molecular formula is C24H30ClNO4. The first kappa shape index (κ1) is 22.6. The summed E-state index contributed by atoms with van der Waals surface area (Å²) in [5.74, 6) is 0.751. The van der Waals surface area contributed by atoms with Crippen LogP contribution in [0.25, 0.3) is 0 Å². The summed E-state index contributed by atoms with van der Waals surface area (Å²) in [6.45, 7) is 2.55. The number of esters is 1. The monoisotopic (exact) mass is 431 g/mol. The highest BCUT2D eigenvalue weighted by molar-refractivity contribution is 6.30. The molecule has 0 saturated heterocycles. The summed E-state index contributed by atoms with van der Waals surface area (Å²) in [7, 11) is 0. The Morgan fingerprint density at radius 1 is 1.23 bits per heavy atom. The van der Waals surface area contributed by atoms with Gasteiger partial charge in [-0.05, 0) is 67.5 Å². The van der Waals surface area contributed by atoms with Gasteiger partial charge in [-0.25, -0.2) is 4.79 Å². The second-order valence-corrected chi connectivity index (χ2v) is 8.14. The molecule has 0 unspecified atom stereocenters. The number of nitrogens with one attached hydrogen (secondary N) is 1. The number of halogens is 1. The molecule has 3 atom stereocenters. The molecule has 0 heterocycles. The Morgan fingerprint density at radius 3 is 2.87 bits per heavy atom. The van der Waals surface area contributed by atoms with Crippen molar-refractivity contribution in [1.29, 1.82) is 0 Å². The van der Waals surface area contributed by atoms with Gasteiger partial charge in [0.25, 0.3) is 0 Å². The average molecular weight is 432 g/mol. The average Bonchev–Trinajstić information content (AvgIpc) is 2.77. The lowest BCUT2D eigenvalue weighted by Gasteiger charge is -2.31. The minimum Gasteiger partial charge on any atom is -0.482 e. The van der Waals surface area contributed by atoms with E-state index in [-0.39, 0.29) is 12.6 Å². The summed E-state index contributed by atoms with van der Waals surface area (Å²) in [6, 6.07) is 15.7. The first-order chi connectivity index (χ1) is 14.5. The third-order valence-corrected chi connectivity index (χ3v) is 5.73. The minimum atomic E-state index is -0.580. The molecule has 6 heteroatoms. The molecule has 162 valence electrons. The first-order valence-electron chi connectivity index (χ1n) is 10.6. The van der Waals surface area contributed by atoms with E-state index >= 15 is 0 Å². The summed E-state index contributed by atoms with van der Waals surface area (Å²) in [5, 5.41) is 14.6. The van der Waals surface area contributed by atoms with Crippen LogP contribution >= 0.6 is 11.6 Å². The number of ether oxygens (including phenoxy) is 2. The molecule has 1 aliphatic rings. The second kappa shape index (κ2) is 11.3. The third kappa shape index (κ3) is 6.73. The lowest BCUT2D eigenvalue weighted by molar-refractivity contribution is -0.145. The van der Waals surface area contributed by atoms with E-state index in [0.717, 1.165) is 31.2 Å². The number of aliphatic hydroxyl groups is 1. The standard InChI is InChI=1S/C24H30ClNO4/c1-2-29-24(28)16-30-22-11-5-7-18(14-22)17-6-4-10-21(13-17)26-15-23(27)19-8-3-9-20(25)12-19/h3,5,7-9,11-12,14,17,21,23,26-27H,2,4,6,10,13,15-16H2,1H3/t17-,21-,23+/m1/s1. The van der Waals surface area contributed by atoms with Crippen molar-refractivity contribution in [2.24, 2.45) is 0 Å². The van der Waals surface area contributed by atoms with E-state index in [1.807, 2.05) is 36.4 Å². The zero-order valence-corrected chi connectivity index (χ0v) is 18.1. The number of aliphatic hydroxyl groups excluding tert-OH is 1. The largest absolute Gasteiger partial charge is 0.482 e. The van der Waals surface area contributed by atoms with Crippen LogP contribution in [-0.4, -0.2) is 36.9 Å². The molecule has 5 nitrogen and oxygen atoms in total. The molecule has 1 saturated carbocycles. The molecule has 0 amide bonds. The van der Waals surface area contributed by atoms with Crippen molar-refractivity contribution in [2.75, 3.05) is 19.8 Å². The fourth-order valence-electron chi connectivity index (χ4n) is 3.99. The van der Waals surface area contributed by atoms with Gasteiger partial charge in [0.1, 0.15) is 5.75 Å². The van der Waals surface area contributed by atoms with E-state index < -0.39 is 6.10 Å². The lowest BCUT2D eigenvalue weighted by Crippen LogP contribution is -2.36. The smallest absolute Gasteiger partial charge is 0.344 e. The minimum absolute atomic E-state index is 0.0759. The highest BCUT2D eigenvalue weighted by Crippen LogP contribution is 2.34. The van der Waals surface area contributed by atoms with Gasteiger partial charge in [0.15, 0.2) is 6.61 Å². The van der Waals surface area contributed by atoms with Crippen LogP contribution in [0.2, 0.25) is 5.02 Å². The van der Waals surface area contributed by atoms with Crippen LogP contribution in [0.15, 0.2) is 48.5 Å². The molecule has 2 aromatic carbocycles. The molecular weight excluding hydrogens is 402 g/mol. The number of rotatable bonds is 9. The Bertz CT molecular complexity index is 828. The van der Waals surface area contributed by atoms with Crippen molar-refractivity contribution in [3.8, 4) is 5.75 Å². The zero-order chi connectivity index (χ0) is 21.3. The highest BCUT2D eigenvalue weighted by atomic mass is 35.5. The Balaban J connectivity index is 1.53. The topological polar surface area (TPSA) is 67.8 Å². The fourth-order valence-corrected chi connectivity index (χ4v) is 4.19. The Kier molecular flexibility index (Phi) is 8.55. The van der Waals surface area contributed by atoms with Crippen LogP contribution in [0.1, 0.15) is 55.8 Å². The van der Waals surface area contributed by atoms with E-state index in [0.29, 0.717) is 35.9 Å². The Morgan fingerprint density at radius 2 is 2.07 bits per heavy atom. The van der Waals surface area contributed by atoms with Crippen molar-refractivity contribution < 1.29 is 19.4 Å². The van der Waals surface area contributed by atoms with E-state index in [9.17, 15) is 9.90 Å². The summed E-state index contributed by atoms with van der Waals surface area (Å²) < 4.78 is 10.5. The van der Waals surface area contributed by atoms with E-state index in [2.05, 4.69) is 11.4 Å². The van der Waals surface area contributed by atoms with E-state index in [4.69, 9.17) is 21.1 Å². The van der Waals surface area contributed by atoms with E-state index in [1.54, 1.807) is 13.0 Å². The SMILES string of the molecule is CCOC(=O)COc1cccc([C@@H]2CCC[C@@H](NC[C@H](O)c3cccc(Cl)c3)C2)c1. The molecule has 1 fully saturated rings. The molecule has 2 aromatic rings. The second-order valence-electron chi connectivity index (χ2n) is 7.71. The molecule has 2 N–H and O–H groups in total. The maximum Gasteiger partial charge on any atom is 0.344 e. The van der Waals surface area contributed by atoms with Gasteiger partial charge in [-0.3, -0.25) is 0 Å². The number of hydrogen-bond acceptors (Lipinski definition) is 5.